The Labute approximate surface area is 184 Å². The Bertz CT molecular complexity index is 826. The highest BCUT2D eigenvalue weighted by Crippen LogP contribution is 2.41. The number of fused-ring (bicyclic) bond motifs is 1. The van der Waals surface area contributed by atoms with Crippen LogP contribution in [0.3, 0.4) is 0 Å². The van der Waals surface area contributed by atoms with E-state index in [4.69, 9.17) is 15.9 Å². The first-order chi connectivity index (χ1) is 15.0. The largest absolute Gasteiger partial charge is 0.481 e. The van der Waals surface area contributed by atoms with E-state index in [0.717, 1.165) is 44.3 Å². The molecule has 2 aliphatic heterocycles. The first kappa shape index (κ1) is 23.0. The number of carboxylic acids is 1. The number of carbonyl (C=O) groups excluding carboxylic acids is 1. The molecule has 1 aromatic rings. The first-order valence-electron chi connectivity index (χ1n) is 11.1. The van der Waals surface area contributed by atoms with Crippen molar-refractivity contribution in [2.75, 3.05) is 33.0 Å². The number of carboxylic acid groups (broad SMARTS) is 1. The molecule has 1 amide bonds. The van der Waals surface area contributed by atoms with Crippen molar-refractivity contribution in [2.45, 2.75) is 51.5 Å². The average Bonchev–Trinajstić information content (AvgIpc) is 3.37. The number of carbonyl (C=O) groups is 2. The highest BCUT2D eigenvalue weighted by atomic mass is 16.7. The fourth-order valence-electron chi connectivity index (χ4n) is 4.40. The summed E-state index contributed by atoms with van der Waals surface area (Å²) >= 11 is 0. The first-order valence-corrected chi connectivity index (χ1v) is 11.1. The van der Waals surface area contributed by atoms with Gasteiger partial charge in [-0.3, -0.25) is 14.5 Å². The second kappa shape index (κ2) is 10.5. The summed E-state index contributed by atoms with van der Waals surface area (Å²) in [5, 5.41) is 9.96. The fraction of sp³-hybridized carbons (Fsp3) is 0.583. The van der Waals surface area contributed by atoms with Gasteiger partial charge in [-0.15, -0.1) is 6.42 Å². The molecule has 0 aliphatic carbocycles. The van der Waals surface area contributed by atoms with Gasteiger partial charge in [-0.2, -0.15) is 0 Å². The predicted octanol–water partition coefficient (Wildman–Crippen LogP) is 2.95. The number of ether oxygens (including phenoxy) is 2. The third-order valence-electron chi connectivity index (χ3n) is 6.13. The minimum atomic E-state index is -0.950. The molecule has 7 nitrogen and oxygen atoms in total. The second-order valence-electron chi connectivity index (χ2n) is 8.21. The summed E-state index contributed by atoms with van der Waals surface area (Å²) < 4.78 is 10.8. The number of hydrogen-bond acceptors (Lipinski definition) is 5. The topological polar surface area (TPSA) is 79.3 Å². The number of benzene rings is 1. The number of rotatable bonds is 10. The molecule has 7 heteroatoms. The lowest BCUT2D eigenvalue weighted by Crippen LogP contribution is -2.44. The Balaban J connectivity index is 1.79. The number of terminal acetylenes is 1. The number of aliphatic carboxylic acids is 1. The standard InChI is InChI=1S/C24H32N2O5/c1-4-7-11-25(12-8-5-2)22(27)15-26-14-18(23(24(28)29)19(26)6-3)17-9-10-20-21(13-17)31-16-30-20/h3,9-10,13,18-19,23H,4-5,7-8,11-12,14-16H2,1-2H3,(H,28,29). The molecule has 3 rings (SSSR count). The van der Waals surface area contributed by atoms with Gasteiger partial charge in [0.15, 0.2) is 11.5 Å². The van der Waals surface area contributed by atoms with Crippen molar-refractivity contribution < 1.29 is 24.2 Å². The third-order valence-corrected chi connectivity index (χ3v) is 6.13. The lowest BCUT2D eigenvalue weighted by molar-refractivity contribution is -0.143. The molecule has 0 bridgehead atoms. The van der Waals surface area contributed by atoms with Crippen molar-refractivity contribution in [1.29, 1.82) is 0 Å². The minimum absolute atomic E-state index is 0.0117. The molecule has 168 valence electrons. The zero-order valence-corrected chi connectivity index (χ0v) is 18.4. The quantitative estimate of drug-likeness (QED) is 0.577. The molecule has 0 aromatic heterocycles. The minimum Gasteiger partial charge on any atom is -0.481 e. The predicted molar refractivity (Wildman–Crippen MR) is 117 cm³/mol. The Morgan fingerprint density at radius 3 is 2.48 bits per heavy atom. The molecular formula is C24H32N2O5. The molecule has 1 fully saturated rings. The van der Waals surface area contributed by atoms with E-state index < -0.39 is 17.9 Å². The number of nitrogens with zero attached hydrogens (tertiary/aromatic N) is 2. The van der Waals surface area contributed by atoms with E-state index in [0.29, 0.717) is 18.0 Å². The summed E-state index contributed by atoms with van der Waals surface area (Å²) in [6.45, 7) is 6.34. The van der Waals surface area contributed by atoms with E-state index in [1.165, 1.54) is 0 Å². The maximum Gasteiger partial charge on any atom is 0.309 e. The van der Waals surface area contributed by atoms with Crippen molar-refractivity contribution >= 4 is 11.9 Å². The zero-order valence-electron chi connectivity index (χ0n) is 18.4. The number of likely N-dealkylation sites (tertiary alicyclic amines) is 1. The maximum atomic E-state index is 13.1. The number of hydrogen-bond donors (Lipinski definition) is 1. The molecule has 1 saturated heterocycles. The summed E-state index contributed by atoms with van der Waals surface area (Å²) in [4.78, 5) is 29.0. The molecule has 31 heavy (non-hydrogen) atoms. The van der Waals surface area contributed by atoms with Gasteiger partial charge >= 0.3 is 5.97 Å². The van der Waals surface area contributed by atoms with Gasteiger partial charge in [-0.25, -0.2) is 0 Å². The van der Waals surface area contributed by atoms with Crippen LogP contribution < -0.4 is 9.47 Å². The molecule has 0 radical (unpaired) electrons. The summed E-state index contributed by atoms with van der Waals surface area (Å²) in [6, 6.07) is 4.85. The van der Waals surface area contributed by atoms with Crippen LogP contribution in [0.15, 0.2) is 18.2 Å². The van der Waals surface area contributed by atoms with Gasteiger partial charge in [0.25, 0.3) is 0 Å². The fourth-order valence-corrected chi connectivity index (χ4v) is 4.40. The van der Waals surface area contributed by atoms with Crippen LogP contribution in [0, 0.1) is 18.3 Å². The van der Waals surface area contributed by atoms with Crippen molar-refractivity contribution in [3.05, 3.63) is 23.8 Å². The van der Waals surface area contributed by atoms with Crippen LogP contribution >= 0.6 is 0 Å². The Kier molecular flexibility index (Phi) is 7.80. The number of amides is 1. The molecule has 3 unspecified atom stereocenters. The van der Waals surface area contributed by atoms with Gasteiger partial charge in [-0.05, 0) is 30.5 Å². The van der Waals surface area contributed by atoms with E-state index >= 15 is 0 Å². The van der Waals surface area contributed by atoms with E-state index in [9.17, 15) is 14.7 Å². The molecule has 0 saturated carbocycles. The lowest BCUT2D eigenvalue weighted by Gasteiger charge is -2.27. The molecular weight excluding hydrogens is 396 g/mol. The van der Waals surface area contributed by atoms with Gasteiger partial charge in [0.2, 0.25) is 12.7 Å². The van der Waals surface area contributed by atoms with Crippen molar-refractivity contribution in [3.63, 3.8) is 0 Å². The molecule has 2 heterocycles. The van der Waals surface area contributed by atoms with Crippen LogP contribution in [-0.2, 0) is 9.59 Å². The van der Waals surface area contributed by atoms with E-state index in [1.807, 2.05) is 21.9 Å². The Morgan fingerprint density at radius 2 is 1.87 bits per heavy atom. The third kappa shape index (κ3) is 5.13. The van der Waals surface area contributed by atoms with E-state index in [1.54, 1.807) is 6.07 Å². The van der Waals surface area contributed by atoms with Crippen LogP contribution in [0.5, 0.6) is 11.5 Å². The van der Waals surface area contributed by atoms with Crippen LogP contribution in [0.4, 0.5) is 0 Å². The Hall–Kier alpha value is -2.72. The van der Waals surface area contributed by atoms with Crippen LogP contribution in [0.1, 0.15) is 51.0 Å². The molecule has 2 aliphatic rings. The van der Waals surface area contributed by atoms with Crippen LogP contribution in [0.25, 0.3) is 0 Å². The lowest BCUT2D eigenvalue weighted by atomic mass is 9.85. The van der Waals surface area contributed by atoms with Crippen molar-refractivity contribution in [3.8, 4) is 23.8 Å². The van der Waals surface area contributed by atoms with Crippen LogP contribution in [0.2, 0.25) is 0 Å². The highest BCUT2D eigenvalue weighted by Gasteiger charge is 2.47. The summed E-state index contributed by atoms with van der Waals surface area (Å²) in [5.41, 5.74) is 0.834. The van der Waals surface area contributed by atoms with Gasteiger partial charge in [0.1, 0.15) is 0 Å². The summed E-state index contributed by atoms with van der Waals surface area (Å²) in [7, 11) is 0. The molecule has 1 N–H and O–H groups in total. The highest BCUT2D eigenvalue weighted by molar-refractivity contribution is 5.79. The molecule has 3 atom stereocenters. The van der Waals surface area contributed by atoms with Crippen LogP contribution in [-0.4, -0.2) is 65.8 Å². The van der Waals surface area contributed by atoms with Gasteiger partial charge < -0.3 is 19.5 Å². The molecule has 1 aromatic carbocycles. The van der Waals surface area contributed by atoms with Gasteiger partial charge in [-0.1, -0.05) is 38.7 Å². The summed E-state index contributed by atoms with van der Waals surface area (Å²) in [5.74, 6) is 1.84. The smallest absolute Gasteiger partial charge is 0.309 e. The van der Waals surface area contributed by atoms with Gasteiger partial charge in [0.05, 0.1) is 18.5 Å². The van der Waals surface area contributed by atoms with E-state index in [2.05, 4.69) is 19.8 Å². The molecule has 0 spiro atoms. The SMILES string of the molecule is C#CC1C(C(=O)O)C(c2ccc3c(c2)OCO3)CN1CC(=O)N(CCCC)CCCC. The number of unbranched alkanes of at least 4 members (excludes halogenated alkanes) is 2. The maximum absolute atomic E-state index is 13.1. The van der Waals surface area contributed by atoms with Crippen molar-refractivity contribution in [2.24, 2.45) is 5.92 Å². The monoisotopic (exact) mass is 428 g/mol. The van der Waals surface area contributed by atoms with E-state index in [-0.39, 0.29) is 25.2 Å². The van der Waals surface area contributed by atoms with Crippen molar-refractivity contribution in [1.82, 2.24) is 9.80 Å². The average molecular weight is 429 g/mol. The normalized spacial score (nSPS) is 22.3. The Morgan fingerprint density at radius 1 is 1.19 bits per heavy atom. The zero-order chi connectivity index (χ0) is 22.4. The summed E-state index contributed by atoms with van der Waals surface area (Å²) in [6.07, 6.45) is 9.70. The van der Waals surface area contributed by atoms with Gasteiger partial charge in [0, 0.05) is 25.6 Å². The second-order valence-corrected chi connectivity index (χ2v) is 8.21.